The van der Waals surface area contributed by atoms with Crippen molar-refractivity contribution in [2.24, 2.45) is 0 Å². The maximum Gasteiger partial charge on any atom is 0.302 e. The number of ether oxygens (including phenoxy) is 2. The first-order chi connectivity index (χ1) is 14.6. The summed E-state index contributed by atoms with van der Waals surface area (Å²) >= 11 is 0. The summed E-state index contributed by atoms with van der Waals surface area (Å²) in [4.78, 5) is 13.6. The SMILES string of the molecule is CC(=O)OCC(Oc1ccc(C2CCN(C)c3ccccc32)cc1)c1ccccc1. The van der Waals surface area contributed by atoms with E-state index in [2.05, 4.69) is 48.3 Å². The van der Waals surface area contributed by atoms with Crippen LogP contribution in [0.15, 0.2) is 78.9 Å². The zero-order valence-electron chi connectivity index (χ0n) is 17.5. The fourth-order valence-electron chi connectivity index (χ4n) is 4.08. The van der Waals surface area contributed by atoms with Gasteiger partial charge in [-0.25, -0.2) is 0 Å². The Morgan fingerprint density at radius 1 is 1.00 bits per heavy atom. The van der Waals surface area contributed by atoms with Crippen LogP contribution < -0.4 is 9.64 Å². The van der Waals surface area contributed by atoms with Crippen LogP contribution in [0.1, 0.15) is 42.1 Å². The molecule has 154 valence electrons. The predicted octanol–water partition coefficient (Wildman–Crippen LogP) is 5.34. The number of fused-ring (bicyclic) bond motifs is 1. The third kappa shape index (κ3) is 4.48. The largest absolute Gasteiger partial charge is 0.482 e. The van der Waals surface area contributed by atoms with E-state index in [0.29, 0.717) is 5.92 Å². The van der Waals surface area contributed by atoms with E-state index in [9.17, 15) is 4.79 Å². The van der Waals surface area contributed by atoms with Gasteiger partial charge in [-0.05, 0) is 41.3 Å². The number of nitrogens with zero attached hydrogens (tertiary/aromatic N) is 1. The number of hydrogen-bond acceptors (Lipinski definition) is 4. The molecule has 0 fully saturated rings. The predicted molar refractivity (Wildman–Crippen MR) is 119 cm³/mol. The Bertz CT molecular complexity index is 985. The van der Waals surface area contributed by atoms with Crippen molar-refractivity contribution in [3.05, 3.63) is 95.6 Å². The molecule has 0 amide bonds. The Hall–Kier alpha value is -3.27. The number of benzene rings is 3. The van der Waals surface area contributed by atoms with Crippen LogP contribution in [0.3, 0.4) is 0 Å². The maximum absolute atomic E-state index is 11.3. The van der Waals surface area contributed by atoms with Gasteiger partial charge in [-0.1, -0.05) is 60.7 Å². The van der Waals surface area contributed by atoms with Crippen LogP contribution in [0.4, 0.5) is 5.69 Å². The molecule has 0 aliphatic carbocycles. The molecule has 0 saturated heterocycles. The Labute approximate surface area is 178 Å². The molecule has 4 heteroatoms. The highest BCUT2D eigenvalue weighted by molar-refractivity contribution is 5.66. The standard InChI is InChI=1S/C26H27NO3/c1-19(28)29-18-26(21-8-4-3-5-9-21)30-22-14-12-20(13-15-22)23-16-17-27(2)25-11-7-6-10-24(23)25/h3-15,23,26H,16-18H2,1-2H3. The molecule has 2 atom stereocenters. The van der Waals surface area contributed by atoms with E-state index in [0.717, 1.165) is 24.3 Å². The van der Waals surface area contributed by atoms with E-state index in [1.165, 1.54) is 23.7 Å². The lowest BCUT2D eigenvalue weighted by atomic mass is 9.84. The fourth-order valence-corrected chi connectivity index (χ4v) is 4.08. The van der Waals surface area contributed by atoms with E-state index >= 15 is 0 Å². The lowest BCUT2D eigenvalue weighted by Crippen LogP contribution is -2.27. The van der Waals surface area contributed by atoms with Crippen LogP contribution in [-0.2, 0) is 9.53 Å². The zero-order chi connectivity index (χ0) is 20.9. The summed E-state index contributed by atoms with van der Waals surface area (Å²) in [5.74, 6) is 0.842. The molecule has 2 unspecified atom stereocenters. The van der Waals surface area contributed by atoms with Crippen LogP contribution in [0.5, 0.6) is 5.75 Å². The maximum atomic E-state index is 11.3. The minimum absolute atomic E-state index is 0.184. The van der Waals surface area contributed by atoms with Gasteiger partial charge in [0, 0.05) is 32.1 Å². The van der Waals surface area contributed by atoms with E-state index in [1.807, 2.05) is 42.5 Å². The Morgan fingerprint density at radius 3 is 2.43 bits per heavy atom. The molecule has 1 aliphatic heterocycles. The number of anilines is 1. The van der Waals surface area contributed by atoms with Gasteiger partial charge in [0.15, 0.2) is 6.10 Å². The van der Waals surface area contributed by atoms with Gasteiger partial charge in [-0.3, -0.25) is 4.79 Å². The highest BCUT2D eigenvalue weighted by atomic mass is 16.6. The van der Waals surface area contributed by atoms with Crippen molar-refractivity contribution >= 4 is 11.7 Å². The first-order valence-corrected chi connectivity index (χ1v) is 10.4. The molecule has 0 saturated carbocycles. The third-order valence-corrected chi connectivity index (χ3v) is 5.65. The monoisotopic (exact) mass is 401 g/mol. The highest BCUT2D eigenvalue weighted by Crippen LogP contribution is 2.39. The number of carbonyl (C=O) groups excluding carboxylic acids is 1. The van der Waals surface area contributed by atoms with Gasteiger partial charge < -0.3 is 14.4 Å². The molecule has 0 bridgehead atoms. The Morgan fingerprint density at radius 2 is 1.70 bits per heavy atom. The number of rotatable bonds is 6. The van der Waals surface area contributed by atoms with Crippen molar-refractivity contribution in [1.82, 2.24) is 0 Å². The van der Waals surface area contributed by atoms with Gasteiger partial charge in [0.25, 0.3) is 0 Å². The second kappa shape index (κ2) is 9.04. The normalized spacial score (nSPS) is 16.5. The molecule has 0 radical (unpaired) electrons. The first kappa shape index (κ1) is 20.0. The lowest BCUT2D eigenvalue weighted by Gasteiger charge is -2.33. The van der Waals surface area contributed by atoms with Crippen LogP contribution in [0.25, 0.3) is 0 Å². The molecule has 0 spiro atoms. The lowest BCUT2D eigenvalue weighted by molar-refractivity contribution is -0.143. The van der Waals surface area contributed by atoms with Crippen LogP contribution in [-0.4, -0.2) is 26.2 Å². The summed E-state index contributed by atoms with van der Waals surface area (Å²) < 4.78 is 11.4. The minimum Gasteiger partial charge on any atom is -0.482 e. The number of esters is 1. The summed E-state index contributed by atoms with van der Waals surface area (Å²) in [6, 6.07) is 26.8. The van der Waals surface area contributed by atoms with Crippen LogP contribution in [0, 0.1) is 0 Å². The number of para-hydroxylation sites is 1. The average Bonchev–Trinajstić information content (AvgIpc) is 2.78. The molecule has 4 rings (SSSR count). The van der Waals surface area contributed by atoms with E-state index < -0.39 is 0 Å². The highest BCUT2D eigenvalue weighted by Gasteiger charge is 2.24. The van der Waals surface area contributed by atoms with Crippen molar-refractivity contribution in [3.8, 4) is 5.75 Å². The summed E-state index contributed by atoms with van der Waals surface area (Å²) in [6.45, 7) is 2.64. The summed E-state index contributed by atoms with van der Waals surface area (Å²) in [6.07, 6.45) is 0.748. The van der Waals surface area contributed by atoms with Crippen molar-refractivity contribution in [2.75, 3.05) is 25.1 Å². The molecule has 30 heavy (non-hydrogen) atoms. The summed E-state index contributed by atoms with van der Waals surface area (Å²) in [5, 5.41) is 0. The summed E-state index contributed by atoms with van der Waals surface area (Å²) in [5.41, 5.74) is 4.95. The second-order valence-corrected chi connectivity index (χ2v) is 7.71. The van der Waals surface area contributed by atoms with Gasteiger partial charge in [0.1, 0.15) is 12.4 Å². The molecule has 1 aliphatic rings. The van der Waals surface area contributed by atoms with Gasteiger partial charge in [-0.2, -0.15) is 0 Å². The average molecular weight is 402 g/mol. The molecule has 0 aromatic heterocycles. The quantitative estimate of drug-likeness (QED) is 0.523. The first-order valence-electron chi connectivity index (χ1n) is 10.4. The molecule has 4 nitrogen and oxygen atoms in total. The molecule has 3 aromatic rings. The fraction of sp³-hybridized carbons (Fsp3) is 0.269. The smallest absolute Gasteiger partial charge is 0.302 e. The molecule has 1 heterocycles. The van der Waals surface area contributed by atoms with Gasteiger partial charge >= 0.3 is 5.97 Å². The molecular weight excluding hydrogens is 374 g/mol. The van der Waals surface area contributed by atoms with Gasteiger partial charge in [0.2, 0.25) is 0 Å². The topological polar surface area (TPSA) is 38.8 Å². The van der Waals surface area contributed by atoms with Crippen LogP contribution >= 0.6 is 0 Å². The molecular formula is C26H27NO3. The summed E-state index contributed by atoms with van der Waals surface area (Å²) in [7, 11) is 2.15. The van der Waals surface area contributed by atoms with Gasteiger partial charge in [0.05, 0.1) is 0 Å². The Balaban J connectivity index is 1.53. The van der Waals surface area contributed by atoms with E-state index in [4.69, 9.17) is 9.47 Å². The van der Waals surface area contributed by atoms with Gasteiger partial charge in [-0.15, -0.1) is 0 Å². The second-order valence-electron chi connectivity index (χ2n) is 7.71. The third-order valence-electron chi connectivity index (χ3n) is 5.65. The number of carbonyl (C=O) groups is 1. The van der Waals surface area contributed by atoms with Crippen molar-refractivity contribution in [1.29, 1.82) is 0 Å². The molecule has 3 aromatic carbocycles. The Kier molecular flexibility index (Phi) is 6.03. The molecule has 0 N–H and O–H groups in total. The minimum atomic E-state index is -0.343. The van der Waals surface area contributed by atoms with Crippen molar-refractivity contribution in [3.63, 3.8) is 0 Å². The zero-order valence-corrected chi connectivity index (χ0v) is 17.5. The van der Waals surface area contributed by atoms with E-state index in [-0.39, 0.29) is 18.7 Å². The van der Waals surface area contributed by atoms with Crippen molar-refractivity contribution in [2.45, 2.75) is 25.4 Å². The van der Waals surface area contributed by atoms with E-state index in [1.54, 1.807) is 0 Å². The van der Waals surface area contributed by atoms with Crippen LogP contribution in [0.2, 0.25) is 0 Å². The van der Waals surface area contributed by atoms with Crippen molar-refractivity contribution < 1.29 is 14.3 Å². The number of hydrogen-bond donors (Lipinski definition) is 0.